The molecular weight excluding hydrogens is 313 g/mol. The Labute approximate surface area is 139 Å². The number of carbonyl (C=O) groups is 1. The standard InChI is InChI=1S/C17H18FN3O3/c1-23-15-7-8-16(24-2)12(9-15)10-20-21-17(22)11-19-14-5-3-13(18)4-6-14/h3-10,19H,11H2,1-2H3,(H,21,22)/b20-10-. The molecule has 0 radical (unpaired) electrons. The van der Waals surface area contributed by atoms with E-state index >= 15 is 0 Å². The fraction of sp³-hybridized carbons (Fsp3) is 0.176. The van der Waals surface area contributed by atoms with Crippen molar-refractivity contribution >= 4 is 17.8 Å². The Balaban J connectivity index is 1.89. The van der Waals surface area contributed by atoms with E-state index in [4.69, 9.17) is 9.47 Å². The van der Waals surface area contributed by atoms with Gasteiger partial charge in [0.2, 0.25) is 0 Å². The number of hydrogen-bond acceptors (Lipinski definition) is 5. The summed E-state index contributed by atoms with van der Waals surface area (Å²) >= 11 is 0. The molecule has 126 valence electrons. The van der Waals surface area contributed by atoms with E-state index in [0.29, 0.717) is 22.7 Å². The number of halogens is 1. The maximum Gasteiger partial charge on any atom is 0.259 e. The van der Waals surface area contributed by atoms with E-state index in [2.05, 4.69) is 15.8 Å². The molecule has 2 rings (SSSR count). The first-order valence-electron chi connectivity index (χ1n) is 7.15. The first kappa shape index (κ1) is 17.3. The van der Waals surface area contributed by atoms with Crippen LogP contribution in [0.4, 0.5) is 10.1 Å². The predicted octanol–water partition coefficient (Wildman–Crippen LogP) is 2.41. The van der Waals surface area contributed by atoms with Crippen molar-refractivity contribution in [1.82, 2.24) is 5.43 Å². The second-order valence-electron chi connectivity index (χ2n) is 4.76. The third kappa shape index (κ3) is 4.98. The smallest absolute Gasteiger partial charge is 0.259 e. The van der Waals surface area contributed by atoms with Gasteiger partial charge >= 0.3 is 0 Å². The molecule has 1 amide bonds. The Kier molecular flexibility index (Phi) is 6.13. The lowest BCUT2D eigenvalue weighted by atomic mass is 10.2. The van der Waals surface area contributed by atoms with Crippen LogP contribution in [0.5, 0.6) is 11.5 Å². The molecular formula is C17H18FN3O3. The fourth-order valence-corrected chi connectivity index (χ4v) is 1.90. The number of ether oxygens (including phenoxy) is 2. The first-order valence-corrected chi connectivity index (χ1v) is 7.15. The van der Waals surface area contributed by atoms with E-state index in [1.807, 2.05) is 0 Å². The molecule has 6 nitrogen and oxygen atoms in total. The highest BCUT2D eigenvalue weighted by Crippen LogP contribution is 2.22. The minimum atomic E-state index is -0.336. The van der Waals surface area contributed by atoms with Gasteiger partial charge < -0.3 is 14.8 Å². The molecule has 0 fully saturated rings. The number of anilines is 1. The SMILES string of the molecule is COc1ccc(OC)c(/C=N\NC(=O)CNc2ccc(F)cc2)c1. The molecule has 0 aromatic heterocycles. The molecule has 2 aromatic rings. The molecule has 0 spiro atoms. The Hall–Kier alpha value is -3.09. The Morgan fingerprint density at radius 3 is 2.58 bits per heavy atom. The minimum Gasteiger partial charge on any atom is -0.497 e. The number of hydrogen-bond donors (Lipinski definition) is 2. The normalized spacial score (nSPS) is 10.5. The third-order valence-electron chi connectivity index (χ3n) is 3.13. The second-order valence-corrected chi connectivity index (χ2v) is 4.76. The van der Waals surface area contributed by atoms with Gasteiger partial charge in [-0.15, -0.1) is 0 Å². The van der Waals surface area contributed by atoms with E-state index in [9.17, 15) is 9.18 Å². The largest absolute Gasteiger partial charge is 0.497 e. The highest BCUT2D eigenvalue weighted by Gasteiger charge is 2.03. The number of hydrazone groups is 1. The van der Waals surface area contributed by atoms with Crippen LogP contribution in [0.2, 0.25) is 0 Å². The lowest BCUT2D eigenvalue weighted by Crippen LogP contribution is -2.25. The van der Waals surface area contributed by atoms with E-state index in [-0.39, 0.29) is 18.3 Å². The molecule has 24 heavy (non-hydrogen) atoms. The molecule has 0 atom stereocenters. The summed E-state index contributed by atoms with van der Waals surface area (Å²) < 4.78 is 23.1. The summed E-state index contributed by atoms with van der Waals surface area (Å²) in [6.45, 7) is 0.0121. The summed E-state index contributed by atoms with van der Waals surface area (Å²) in [6, 6.07) is 11.0. The van der Waals surface area contributed by atoms with Crippen LogP contribution in [0.3, 0.4) is 0 Å². The molecule has 0 aliphatic heterocycles. The highest BCUT2D eigenvalue weighted by atomic mass is 19.1. The maximum atomic E-state index is 12.8. The van der Waals surface area contributed by atoms with Crippen molar-refractivity contribution in [2.75, 3.05) is 26.1 Å². The zero-order valence-electron chi connectivity index (χ0n) is 13.4. The Bertz CT molecular complexity index is 718. The molecule has 0 saturated carbocycles. The quantitative estimate of drug-likeness (QED) is 0.604. The van der Waals surface area contributed by atoms with Gasteiger partial charge in [0, 0.05) is 11.3 Å². The van der Waals surface area contributed by atoms with Crippen molar-refractivity contribution in [3.8, 4) is 11.5 Å². The van der Waals surface area contributed by atoms with Gasteiger partial charge in [0.25, 0.3) is 5.91 Å². The molecule has 2 N–H and O–H groups in total. The van der Waals surface area contributed by atoms with Gasteiger partial charge in [-0.1, -0.05) is 0 Å². The lowest BCUT2D eigenvalue weighted by molar-refractivity contribution is -0.119. The van der Waals surface area contributed by atoms with Gasteiger partial charge in [-0.2, -0.15) is 5.10 Å². The number of amides is 1. The third-order valence-corrected chi connectivity index (χ3v) is 3.13. The van der Waals surface area contributed by atoms with Gasteiger partial charge in [-0.3, -0.25) is 4.79 Å². The number of nitrogens with zero attached hydrogens (tertiary/aromatic N) is 1. The summed E-state index contributed by atoms with van der Waals surface area (Å²) in [7, 11) is 3.11. The van der Waals surface area contributed by atoms with Gasteiger partial charge in [0.1, 0.15) is 17.3 Å². The summed E-state index contributed by atoms with van der Waals surface area (Å²) in [5.74, 6) is 0.596. The van der Waals surface area contributed by atoms with Crippen molar-refractivity contribution in [2.45, 2.75) is 0 Å². The molecule has 0 saturated heterocycles. The predicted molar refractivity (Wildman–Crippen MR) is 90.2 cm³/mol. The van der Waals surface area contributed by atoms with Gasteiger partial charge in [-0.05, 0) is 42.5 Å². The number of rotatable bonds is 7. The van der Waals surface area contributed by atoms with Crippen LogP contribution >= 0.6 is 0 Å². The van der Waals surface area contributed by atoms with E-state index < -0.39 is 0 Å². The molecule has 0 unspecified atom stereocenters. The van der Waals surface area contributed by atoms with Crippen molar-refractivity contribution in [2.24, 2.45) is 5.10 Å². The van der Waals surface area contributed by atoms with Crippen LogP contribution in [-0.2, 0) is 4.79 Å². The van der Waals surface area contributed by atoms with Crippen LogP contribution < -0.4 is 20.2 Å². The van der Waals surface area contributed by atoms with Crippen LogP contribution in [0, 0.1) is 5.82 Å². The lowest BCUT2D eigenvalue weighted by Gasteiger charge is -2.07. The summed E-state index contributed by atoms with van der Waals surface area (Å²) in [5.41, 5.74) is 3.71. The topological polar surface area (TPSA) is 72.0 Å². The van der Waals surface area contributed by atoms with Gasteiger partial charge in [-0.25, -0.2) is 9.82 Å². The second kappa shape index (κ2) is 8.52. The number of carbonyl (C=O) groups excluding carboxylic acids is 1. The molecule has 2 aromatic carbocycles. The first-order chi connectivity index (χ1) is 11.6. The molecule has 7 heteroatoms. The Morgan fingerprint density at radius 1 is 1.17 bits per heavy atom. The summed E-state index contributed by atoms with van der Waals surface area (Å²) in [4.78, 5) is 11.7. The van der Waals surface area contributed by atoms with E-state index in [1.165, 1.54) is 18.3 Å². The van der Waals surface area contributed by atoms with Crippen molar-refractivity contribution in [1.29, 1.82) is 0 Å². The van der Waals surface area contributed by atoms with Crippen LogP contribution in [0.1, 0.15) is 5.56 Å². The fourth-order valence-electron chi connectivity index (χ4n) is 1.90. The zero-order chi connectivity index (χ0) is 17.4. The molecule has 0 bridgehead atoms. The minimum absolute atomic E-state index is 0.0121. The molecule has 0 aliphatic rings. The number of benzene rings is 2. The summed E-state index contributed by atoms with van der Waals surface area (Å²) in [6.07, 6.45) is 1.47. The molecule has 0 heterocycles. The van der Waals surface area contributed by atoms with Crippen molar-refractivity contribution in [3.05, 3.63) is 53.8 Å². The average molecular weight is 331 g/mol. The average Bonchev–Trinajstić information content (AvgIpc) is 2.61. The van der Waals surface area contributed by atoms with Crippen molar-refractivity contribution in [3.63, 3.8) is 0 Å². The number of nitrogens with one attached hydrogen (secondary N) is 2. The van der Waals surface area contributed by atoms with E-state index in [0.717, 1.165) is 0 Å². The zero-order valence-corrected chi connectivity index (χ0v) is 13.4. The maximum absolute atomic E-state index is 12.8. The Morgan fingerprint density at radius 2 is 1.92 bits per heavy atom. The van der Waals surface area contributed by atoms with E-state index in [1.54, 1.807) is 44.6 Å². The highest BCUT2D eigenvalue weighted by molar-refractivity contribution is 5.86. The van der Waals surface area contributed by atoms with Gasteiger partial charge in [0.05, 0.1) is 27.0 Å². The van der Waals surface area contributed by atoms with Crippen molar-refractivity contribution < 1.29 is 18.7 Å². The van der Waals surface area contributed by atoms with Gasteiger partial charge in [0.15, 0.2) is 0 Å². The van der Waals surface area contributed by atoms with Crippen LogP contribution in [-0.4, -0.2) is 32.9 Å². The number of methoxy groups -OCH3 is 2. The van der Waals surface area contributed by atoms with Crippen LogP contribution in [0.25, 0.3) is 0 Å². The monoisotopic (exact) mass is 331 g/mol. The molecule has 0 aliphatic carbocycles. The summed E-state index contributed by atoms with van der Waals surface area (Å²) in [5, 5.41) is 6.76. The van der Waals surface area contributed by atoms with Crippen LogP contribution in [0.15, 0.2) is 47.6 Å².